The molecule has 2 fully saturated rings. The summed E-state index contributed by atoms with van der Waals surface area (Å²) >= 11 is 0. The van der Waals surface area contributed by atoms with Crippen molar-refractivity contribution < 1.29 is 18.0 Å². The summed E-state index contributed by atoms with van der Waals surface area (Å²) in [6, 6.07) is 3.77. The Morgan fingerprint density at radius 3 is 2.95 bits per heavy atom. The molecule has 22 heavy (non-hydrogen) atoms. The Morgan fingerprint density at radius 2 is 2.23 bits per heavy atom. The first-order chi connectivity index (χ1) is 10.5. The minimum atomic E-state index is -2.91. The van der Waals surface area contributed by atoms with Crippen LogP contribution in [-0.2, 0) is 16.8 Å². The van der Waals surface area contributed by atoms with Gasteiger partial charge in [0.1, 0.15) is 0 Å². The molecular weight excluding hydrogens is 292 g/mol. The number of ether oxygens (including phenoxy) is 1. The summed E-state index contributed by atoms with van der Waals surface area (Å²) < 4.78 is 38.6. The van der Waals surface area contributed by atoms with Gasteiger partial charge in [-0.05, 0) is 31.4 Å². The van der Waals surface area contributed by atoms with E-state index in [1.807, 2.05) is 19.1 Å². The molecule has 0 bridgehead atoms. The van der Waals surface area contributed by atoms with Crippen molar-refractivity contribution in [2.45, 2.75) is 37.7 Å². The zero-order valence-electron chi connectivity index (χ0n) is 12.1. The van der Waals surface area contributed by atoms with Crippen LogP contribution in [0.5, 0.6) is 0 Å². The highest BCUT2D eigenvalue weighted by molar-refractivity contribution is 5.29. The molecule has 3 heterocycles. The van der Waals surface area contributed by atoms with Crippen molar-refractivity contribution in [3.8, 4) is 0 Å². The predicted molar refractivity (Wildman–Crippen MR) is 71.4 cm³/mol. The number of fused-ring (bicyclic) bond motifs is 1. The van der Waals surface area contributed by atoms with Crippen LogP contribution in [0.15, 0.2) is 22.9 Å². The summed E-state index contributed by atoms with van der Waals surface area (Å²) in [4.78, 5) is 8.33. The third-order valence-electron chi connectivity index (χ3n) is 4.44. The van der Waals surface area contributed by atoms with Crippen LogP contribution in [0.25, 0.3) is 0 Å². The molecule has 2 aromatic heterocycles. The van der Waals surface area contributed by atoms with Crippen molar-refractivity contribution >= 4 is 0 Å². The molecule has 0 spiro atoms. The molecule has 2 aliphatic rings. The van der Waals surface area contributed by atoms with Crippen LogP contribution in [0.4, 0.5) is 8.78 Å². The molecule has 2 atom stereocenters. The Morgan fingerprint density at radius 1 is 1.36 bits per heavy atom. The molecule has 5 nitrogen and oxygen atoms in total. The maximum Gasteiger partial charge on any atom is 0.290 e. The largest absolute Gasteiger partial charge is 0.360 e. The standard InChI is InChI=1S/C15H15F2N3O2/c1-9-4-5-10(8-18-9)7-12-19-13(20-22-12)14-11(15(14,16)17)3-2-6-21-14/h4-5,8,11H,2-3,6-7H2,1H3. The van der Waals surface area contributed by atoms with Crippen LogP contribution in [-0.4, -0.2) is 27.7 Å². The second-order valence-electron chi connectivity index (χ2n) is 5.90. The third kappa shape index (κ3) is 1.81. The fourth-order valence-corrected chi connectivity index (χ4v) is 3.17. The molecule has 0 amide bonds. The minimum absolute atomic E-state index is 0.0303. The monoisotopic (exact) mass is 307 g/mol. The maximum atomic E-state index is 14.1. The van der Waals surface area contributed by atoms with E-state index in [4.69, 9.17) is 9.26 Å². The van der Waals surface area contributed by atoms with Crippen molar-refractivity contribution in [2.24, 2.45) is 5.92 Å². The summed E-state index contributed by atoms with van der Waals surface area (Å²) in [5.41, 5.74) is 0.130. The molecule has 1 aliphatic heterocycles. The number of aryl methyl sites for hydroxylation is 1. The van der Waals surface area contributed by atoms with Crippen molar-refractivity contribution in [3.63, 3.8) is 0 Å². The van der Waals surface area contributed by atoms with Gasteiger partial charge < -0.3 is 9.26 Å². The van der Waals surface area contributed by atoms with Gasteiger partial charge in [0, 0.05) is 18.5 Å². The van der Waals surface area contributed by atoms with Crippen LogP contribution < -0.4 is 0 Å². The Balaban J connectivity index is 1.58. The van der Waals surface area contributed by atoms with Gasteiger partial charge in [-0.1, -0.05) is 11.2 Å². The van der Waals surface area contributed by atoms with Crippen LogP contribution in [0, 0.1) is 12.8 Å². The van der Waals surface area contributed by atoms with E-state index in [1.165, 1.54) is 0 Å². The van der Waals surface area contributed by atoms with Gasteiger partial charge in [0.25, 0.3) is 5.92 Å². The Kier molecular flexibility index (Phi) is 2.84. The molecule has 1 saturated carbocycles. The number of aromatic nitrogens is 3. The first kappa shape index (κ1) is 13.8. The Hall–Kier alpha value is -1.89. The van der Waals surface area contributed by atoms with Gasteiger partial charge in [-0.3, -0.25) is 4.98 Å². The SMILES string of the molecule is Cc1ccc(Cc2nc(C34OCCCC3C4(F)F)no2)cn1. The maximum absolute atomic E-state index is 14.1. The molecule has 1 saturated heterocycles. The van der Waals surface area contributed by atoms with Gasteiger partial charge in [0.2, 0.25) is 17.3 Å². The predicted octanol–water partition coefficient (Wildman–Crippen LogP) is 2.63. The smallest absolute Gasteiger partial charge is 0.290 e. The van der Waals surface area contributed by atoms with Gasteiger partial charge in [0.05, 0.1) is 12.3 Å². The first-order valence-corrected chi connectivity index (χ1v) is 7.30. The first-order valence-electron chi connectivity index (χ1n) is 7.30. The van der Waals surface area contributed by atoms with Gasteiger partial charge in [0.15, 0.2) is 0 Å². The molecule has 1 aliphatic carbocycles. The fraction of sp³-hybridized carbons (Fsp3) is 0.533. The summed E-state index contributed by atoms with van der Waals surface area (Å²) in [6.07, 6.45) is 3.15. The van der Waals surface area contributed by atoms with Crippen LogP contribution in [0.1, 0.15) is 35.8 Å². The topological polar surface area (TPSA) is 61.0 Å². The summed E-state index contributed by atoms with van der Waals surface area (Å²) in [5.74, 6) is -3.47. The highest BCUT2D eigenvalue weighted by Crippen LogP contribution is 2.69. The number of rotatable bonds is 3. The highest BCUT2D eigenvalue weighted by Gasteiger charge is 2.85. The van der Waals surface area contributed by atoms with E-state index in [9.17, 15) is 8.78 Å². The lowest BCUT2D eigenvalue weighted by Gasteiger charge is -2.17. The van der Waals surface area contributed by atoms with E-state index in [2.05, 4.69) is 15.1 Å². The number of hydrogen-bond acceptors (Lipinski definition) is 5. The molecule has 7 heteroatoms. The molecule has 0 radical (unpaired) electrons. The number of pyridine rings is 1. The normalized spacial score (nSPS) is 29.1. The molecule has 2 aromatic rings. The number of hydrogen-bond donors (Lipinski definition) is 0. The van der Waals surface area contributed by atoms with Crippen LogP contribution >= 0.6 is 0 Å². The second kappa shape index (κ2) is 4.55. The highest BCUT2D eigenvalue weighted by atomic mass is 19.3. The molecule has 0 aromatic carbocycles. The quantitative estimate of drug-likeness (QED) is 0.872. The zero-order chi connectivity index (χ0) is 15.4. The van der Waals surface area contributed by atoms with Crippen molar-refractivity contribution in [1.29, 1.82) is 0 Å². The van der Waals surface area contributed by atoms with E-state index in [0.29, 0.717) is 31.8 Å². The lowest BCUT2D eigenvalue weighted by atomic mass is 10.1. The van der Waals surface area contributed by atoms with E-state index in [0.717, 1.165) is 11.3 Å². The number of nitrogens with zero attached hydrogens (tertiary/aromatic N) is 3. The van der Waals surface area contributed by atoms with Gasteiger partial charge in [-0.2, -0.15) is 4.98 Å². The van der Waals surface area contributed by atoms with Gasteiger partial charge >= 0.3 is 0 Å². The molecule has 0 N–H and O–H groups in total. The third-order valence-corrected chi connectivity index (χ3v) is 4.44. The molecule has 4 rings (SSSR count). The lowest BCUT2D eigenvalue weighted by molar-refractivity contribution is -0.0704. The molecular formula is C15H15F2N3O2. The Bertz CT molecular complexity index is 701. The number of halogens is 2. The average Bonchev–Trinajstić information content (AvgIpc) is 2.84. The van der Waals surface area contributed by atoms with Crippen LogP contribution in [0.3, 0.4) is 0 Å². The molecule has 116 valence electrons. The van der Waals surface area contributed by atoms with Gasteiger partial charge in [-0.15, -0.1) is 0 Å². The number of alkyl halides is 2. The van der Waals surface area contributed by atoms with Crippen LogP contribution in [0.2, 0.25) is 0 Å². The summed E-state index contributed by atoms with van der Waals surface area (Å²) in [6.45, 7) is 2.20. The van der Waals surface area contributed by atoms with E-state index in [1.54, 1.807) is 6.20 Å². The van der Waals surface area contributed by atoms with Crippen molar-refractivity contribution in [3.05, 3.63) is 41.3 Å². The summed E-state index contributed by atoms with van der Waals surface area (Å²) in [7, 11) is 0. The summed E-state index contributed by atoms with van der Waals surface area (Å²) in [5, 5.41) is 3.75. The van der Waals surface area contributed by atoms with E-state index < -0.39 is 17.4 Å². The minimum Gasteiger partial charge on any atom is -0.360 e. The van der Waals surface area contributed by atoms with Crippen molar-refractivity contribution in [2.75, 3.05) is 6.61 Å². The second-order valence-corrected chi connectivity index (χ2v) is 5.90. The van der Waals surface area contributed by atoms with E-state index in [-0.39, 0.29) is 5.82 Å². The zero-order valence-corrected chi connectivity index (χ0v) is 12.1. The average molecular weight is 307 g/mol. The van der Waals surface area contributed by atoms with Crippen molar-refractivity contribution in [1.82, 2.24) is 15.1 Å². The van der Waals surface area contributed by atoms with Gasteiger partial charge in [-0.25, -0.2) is 8.78 Å². The van der Waals surface area contributed by atoms with E-state index >= 15 is 0 Å². The molecule has 2 unspecified atom stereocenters. The Labute approximate surface area is 125 Å². The fourth-order valence-electron chi connectivity index (χ4n) is 3.17. The lowest BCUT2D eigenvalue weighted by Crippen LogP contribution is -2.25.